The van der Waals surface area contributed by atoms with E-state index in [-0.39, 0.29) is 98.1 Å². The molecular formula is C40H44N12O10S2. The van der Waals surface area contributed by atoms with Gasteiger partial charge in [-0.3, -0.25) is 9.11 Å². The SMILES string of the molecule is O=S(=O)(O)c1ccc(Nc2nc(Nc3ccc(C=Cc4ccc(Nc5nc(Nc6ccc(S(=O)(=O)O)cc6)nc(N(CCO)CCO)n5)cc4)cc3)nc(N(CCO)CCO)n2)cc1. The molecule has 6 rings (SSSR count). The van der Waals surface area contributed by atoms with Crippen LogP contribution in [0, 0.1) is 0 Å². The fraction of sp³-hybridized carbons (Fsp3) is 0.200. The number of rotatable bonds is 22. The van der Waals surface area contributed by atoms with Crippen molar-refractivity contribution in [2.24, 2.45) is 0 Å². The van der Waals surface area contributed by atoms with Crippen LogP contribution >= 0.6 is 0 Å². The molecule has 0 atom stereocenters. The minimum atomic E-state index is -4.39. The second-order valence-corrected chi connectivity index (χ2v) is 16.4. The van der Waals surface area contributed by atoms with Gasteiger partial charge in [-0.15, -0.1) is 0 Å². The number of hydrogen-bond donors (Lipinski definition) is 10. The number of hydrogen-bond acceptors (Lipinski definition) is 20. The van der Waals surface area contributed by atoms with Crippen molar-refractivity contribution in [3.63, 3.8) is 0 Å². The highest BCUT2D eigenvalue weighted by atomic mass is 32.2. The second-order valence-electron chi connectivity index (χ2n) is 13.5. The summed E-state index contributed by atoms with van der Waals surface area (Å²) in [5.41, 5.74) is 3.85. The van der Waals surface area contributed by atoms with Crippen LogP contribution in [0.4, 0.5) is 58.4 Å². The van der Waals surface area contributed by atoms with Crippen molar-refractivity contribution >= 4 is 90.8 Å². The first-order valence-corrected chi connectivity index (χ1v) is 22.2. The lowest BCUT2D eigenvalue weighted by molar-refractivity contribution is 0.279. The first-order valence-electron chi connectivity index (χ1n) is 19.3. The van der Waals surface area contributed by atoms with Crippen LogP contribution < -0.4 is 31.1 Å². The van der Waals surface area contributed by atoms with E-state index in [0.29, 0.717) is 22.7 Å². The van der Waals surface area contributed by atoms with Crippen LogP contribution in [0.2, 0.25) is 0 Å². The standard InChI is InChI=1S/C40H44N12O10S2/c53-23-19-51(20-24-54)39-47-35(45-37(49-39)43-31-11-15-33(16-12-31)63(57,58)59)41-29-7-3-27(4-8-29)1-2-28-5-9-30(10-6-28)42-36-46-38(50-40(48-36)52(21-25-55)22-26-56)44-32-13-17-34(18-14-32)64(60,61)62/h1-18,53-56H,19-26H2,(H,57,58,59)(H,60,61,62)(H2,41,43,45,47,49)(H2,42,44,46,48,50). The summed E-state index contributed by atoms with van der Waals surface area (Å²) in [7, 11) is -8.77. The van der Waals surface area contributed by atoms with E-state index < -0.39 is 20.2 Å². The smallest absolute Gasteiger partial charge is 0.294 e. The van der Waals surface area contributed by atoms with E-state index in [1.165, 1.54) is 48.5 Å². The number of aromatic nitrogens is 6. The molecule has 4 aromatic carbocycles. The molecule has 0 aliphatic carbocycles. The summed E-state index contributed by atoms with van der Waals surface area (Å²) in [4.78, 5) is 29.3. The molecule has 24 heteroatoms. The van der Waals surface area contributed by atoms with Gasteiger partial charge in [0.15, 0.2) is 0 Å². The lowest BCUT2D eigenvalue weighted by Gasteiger charge is -2.21. The van der Waals surface area contributed by atoms with Crippen molar-refractivity contribution < 1.29 is 46.4 Å². The van der Waals surface area contributed by atoms with E-state index in [4.69, 9.17) is 0 Å². The van der Waals surface area contributed by atoms with Gasteiger partial charge in [0.1, 0.15) is 0 Å². The largest absolute Gasteiger partial charge is 0.395 e. The number of benzene rings is 4. The minimum Gasteiger partial charge on any atom is -0.395 e. The van der Waals surface area contributed by atoms with Crippen molar-refractivity contribution in [3.05, 3.63) is 108 Å². The monoisotopic (exact) mass is 916 g/mol. The summed E-state index contributed by atoms with van der Waals surface area (Å²) in [5, 5.41) is 50.7. The third kappa shape index (κ3) is 13.3. The highest BCUT2D eigenvalue weighted by Crippen LogP contribution is 2.25. The molecule has 2 aromatic heterocycles. The molecule has 0 bridgehead atoms. The van der Waals surface area contributed by atoms with Crippen molar-refractivity contribution in [1.29, 1.82) is 0 Å². The number of anilines is 10. The summed E-state index contributed by atoms with van der Waals surface area (Å²) < 4.78 is 64.5. The topological polar surface area (TPSA) is 322 Å². The van der Waals surface area contributed by atoms with Gasteiger partial charge < -0.3 is 51.5 Å². The van der Waals surface area contributed by atoms with Gasteiger partial charge >= 0.3 is 0 Å². The highest BCUT2D eigenvalue weighted by Gasteiger charge is 2.17. The number of aliphatic hydroxyl groups is 4. The maximum Gasteiger partial charge on any atom is 0.294 e. The summed E-state index contributed by atoms with van der Waals surface area (Å²) in [6, 6.07) is 25.4. The van der Waals surface area contributed by atoms with E-state index in [0.717, 1.165) is 11.1 Å². The molecule has 2 heterocycles. The van der Waals surface area contributed by atoms with Crippen molar-refractivity contribution in [2.75, 3.05) is 83.7 Å². The zero-order chi connectivity index (χ0) is 45.7. The Hall–Kier alpha value is -6.90. The van der Waals surface area contributed by atoms with Crippen molar-refractivity contribution in [2.45, 2.75) is 9.79 Å². The fourth-order valence-electron chi connectivity index (χ4n) is 5.83. The Morgan fingerprint density at radius 2 is 0.656 bits per heavy atom. The van der Waals surface area contributed by atoms with E-state index in [1.54, 1.807) is 9.80 Å². The maximum atomic E-state index is 11.5. The van der Waals surface area contributed by atoms with E-state index in [9.17, 15) is 46.4 Å². The predicted molar refractivity (Wildman–Crippen MR) is 240 cm³/mol. The zero-order valence-corrected chi connectivity index (χ0v) is 35.4. The van der Waals surface area contributed by atoms with E-state index in [1.807, 2.05) is 60.7 Å². The first-order chi connectivity index (χ1) is 30.7. The molecular weight excluding hydrogens is 873 g/mol. The minimum absolute atomic E-state index is 0.0838. The van der Waals surface area contributed by atoms with Crippen LogP contribution in [0.3, 0.4) is 0 Å². The average Bonchev–Trinajstić information content (AvgIpc) is 3.26. The third-order valence-electron chi connectivity index (χ3n) is 8.91. The quantitative estimate of drug-likeness (QED) is 0.0345. The van der Waals surface area contributed by atoms with E-state index >= 15 is 0 Å². The Labute approximate surface area is 367 Å². The number of nitrogens with zero attached hydrogens (tertiary/aromatic N) is 8. The summed E-state index contributed by atoms with van der Waals surface area (Å²) in [6.45, 7) is -0.392. The predicted octanol–water partition coefficient (Wildman–Crippen LogP) is 3.28. The molecule has 0 unspecified atom stereocenters. The van der Waals surface area contributed by atoms with Crippen LogP contribution in [0.15, 0.2) is 107 Å². The number of aliphatic hydroxyl groups excluding tert-OH is 4. The van der Waals surface area contributed by atoms with Gasteiger partial charge in [0.05, 0.1) is 36.2 Å². The maximum absolute atomic E-state index is 11.5. The Bertz CT molecular complexity index is 2530. The molecule has 0 saturated heterocycles. The van der Waals surface area contributed by atoms with Gasteiger partial charge in [0, 0.05) is 48.9 Å². The molecule has 64 heavy (non-hydrogen) atoms. The van der Waals surface area contributed by atoms with Gasteiger partial charge in [-0.2, -0.15) is 46.7 Å². The zero-order valence-electron chi connectivity index (χ0n) is 33.8. The lowest BCUT2D eigenvalue weighted by Crippen LogP contribution is -2.31. The summed E-state index contributed by atoms with van der Waals surface area (Å²) in [6.07, 6.45) is 3.83. The van der Waals surface area contributed by atoms with E-state index in [2.05, 4.69) is 51.2 Å². The van der Waals surface area contributed by atoms with Crippen LogP contribution in [-0.2, 0) is 20.2 Å². The lowest BCUT2D eigenvalue weighted by atomic mass is 10.1. The molecule has 0 amide bonds. The Kier molecular flexibility index (Phi) is 15.6. The van der Waals surface area contributed by atoms with Crippen LogP contribution in [0.5, 0.6) is 0 Å². The molecule has 0 spiro atoms. The molecule has 0 radical (unpaired) electrons. The average molecular weight is 917 g/mol. The molecule has 0 aliphatic rings. The molecule has 0 aliphatic heterocycles. The molecule has 6 aromatic rings. The van der Waals surface area contributed by atoms with Gasteiger partial charge in [0.25, 0.3) is 20.2 Å². The summed E-state index contributed by atoms with van der Waals surface area (Å²) in [5.74, 6) is 0.763. The molecule has 22 nitrogen and oxygen atoms in total. The van der Waals surface area contributed by atoms with Crippen molar-refractivity contribution in [1.82, 2.24) is 29.9 Å². The van der Waals surface area contributed by atoms with Crippen LogP contribution in [-0.4, -0.2) is 129 Å². The summed E-state index contributed by atoms with van der Waals surface area (Å²) >= 11 is 0. The highest BCUT2D eigenvalue weighted by molar-refractivity contribution is 7.86. The molecule has 0 saturated carbocycles. The second kappa shape index (κ2) is 21.5. The van der Waals surface area contributed by atoms with Crippen LogP contribution in [0.1, 0.15) is 11.1 Å². The first kappa shape index (κ1) is 46.6. The molecule has 0 fully saturated rings. The van der Waals surface area contributed by atoms with Crippen molar-refractivity contribution in [3.8, 4) is 0 Å². The van der Waals surface area contributed by atoms with Crippen LogP contribution in [0.25, 0.3) is 12.2 Å². The Morgan fingerprint density at radius 3 is 0.891 bits per heavy atom. The normalized spacial score (nSPS) is 11.7. The Balaban J connectivity index is 1.14. The Morgan fingerprint density at radius 1 is 0.406 bits per heavy atom. The van der Waals surface area contributed by atoms with Gasteiger partial charge in [-0.05, 0) is 83.9 Å². The van der Waals surface area contributed by atoms with Gasteiger partial charge in [0.2, 0.25) is 35.7 Å². The van der Waals surface area contributed by atoms with Gasteiger partial charge in [-0.25, -0.2) is 0 Å². The third-order valence-corrected chi connectivity index (χ3v) is 10.6. The number of nitrogens with one attached hydrogen (secondary N) is 4. The van der Waals surface area contributed by atoms with Gasteiger partial charge in [-0.1, -0.05) is 36.4 Å². The molecule has 10 N–H and O–H groups in total. The fourth-order valence-corrected chi connectivity index (χ4v) is 6.79. The molecule has 336 valence electrons.